The van der Waals surface area contributed by atoms with Crippen molar-refractivity contribution in [2.24, 2.45) is 0 Å². The number of aliphatic hydroxyl groups is 1. The Kier molecular flexibility index (Phi) is 5.10. The van der Waals surface area contributed by atoms with Crippen LogP contribution < -0.4 is 9.47 Å². The molecular weight excluding hydrogens is 288 g/mol. The Bertz CT molecular complexity index is 638. The van der Waals surface area contributed by atoms with Gasteiger partial charge in [0.05, 0.1) is 18.7 Å². The van der Waals surface area contributed by atoms with E-state index in [0.717, 1.165) is 5.56 Å². The third-order valence-corrected chi connectivity index (χ3v) is 3.63. The van der Waals surface area contributed by atoms with Crippen molar-refractivity contribution in [3.63, 3.8) is 0 Å². The van der Waals surface area contributed by atoms with E-state index in [-0.39, 0.29) is 6.61 Å². The molecule has 21 heavy (non-hydrogen) atoms. The van der Waals surface area contributed by atoms with Crippen LogP contribution >= 0.6 is 11.6 Å². The molecule has 0 saturated heterocycles. The largest absolute Gasteiger partial charge is 0.493 e. The Morgan fingerprint density at radius 2 is 1.90 bits per heavy atom. The average molecular weight is 307 g/mol. The monoisotopic (exact) mass is 306 g/mol. The molecule has 0 fully saturated rings. The van der Waals surface area contributed by atoms with Crippen LogP contribution in [0.15, 0.2) is 30.3 Å². The van der Waals surface area contributed by atoms with Crippen LogP contribution in [0.25, 0.3) is 0 Å². The number of benzene rings is 2. The maximum absolute atomic E-state index is 9.19. The number of methoxy groups -OCH3 is 1. The maximum atomic E-state index is 9.19. The molecular formula is C17H19ClO3. The molecule has 0 aliphatic carbocycles. The Morgan fingerprint density at radius 3 is 2.57 bits per heavy atom. The van der Waals surface area contributed by atoms with E-state index in [0.29, 0.717) is 28.7 Å². The van der Waals surface area contributed by atoms with Crippen molar-refractivity contribution < 1.29 is 14.6 Å². The van der Waals surface area contributed by atoms with Crippen molar-refractivity contribution in [3.8, 4) is 11.5 Å². The van der Waals surface area contributed by atoms with Gasteiger partial charge in [-0.15, -0.1) is 0 Å². The summed E-state index contributed by atoms with van der Waals surface area (Å²) in [5, 5.41) is 9.63. The smallest absolute Gasteiger partial charge is 0.180 e. The lowest BCUT2D eigenvalue weighted by atomic mass is 10.1. The second kappa shape index (κ2) is 6.83. The van der Waals surface area contributed by atoms with E-state index in [2.05, 4.69) is 18.2 Å². The zero-order valence-corrected chi connectivity index (χ0v) is 13.2. The normalized spacial score (nSPS) is 10.5. The van der Waals surface area contributed by atoms with E-state index in [1.165, 1.54) is 11.1 Å². The third kappa shape index (κ3) is 3.69. The Labute approximate surface area is 130 Å². The molecule has 2 aromatic carbocycles. The van der Waals surface area contributed by atoms with Gasteiger partial charge in [0.1, 0.15) is 6.61 Å². The summed E-state index contributed by atoms with van der Waals surface area (Å²) in [5.74, 6) is 1.02. The van der Waals surface area contributed by atoms with Gasteiger partial charge in [-0.05, 0) is 42.7 Å². The van der Waals surface area contributed by atoms with E-state index < -0.39 is 0 Å². The highest BCUT2D eigenvalue weighted by Crippen LogP contribution is 2.37. The highest BCUT2D eigenvalue weighted by atomic mass is 35.5. The number of hydrogen-bond acceptors (Lipinski definition) is 3. The molecule has 0 aliphatic rings. The standard InChI is InChI=1S/C17H19ClO3/c1-11-4-5-12(2)14(6-11)10-21-17-15(18)7-13(9-19)8-16(17)20-3/h4-8,19H,9-10H2,1-3H3. The summed E-state index contributed by atoms with van der Waals surface area (Å²) < 4.78 is 11.1. The third-order valence-electron chi connectivity index (χ3n) is 3.35. The van der Waals surface area contributed by atoms with Gasteiger partial charge in [-0.25, -0.2) is 0 Å². The molecule has 0 aromatic heterocycles. The van der Waals surface area contributed by atoms with Crippen LogP contribution in [0.5, 0.6) is 11.5 Å². The molecule has 112 valence electrons. The van der Waals surface area contributed by atoms with E-state index in [9.17, 15) is 5.11 Å². The minimum atomic E-state index is -0.0899. The Hall–Kier alpha value is -1.71. The van der Waals surface area contributed by atoms with Crippen LogP contribution in [-0.4, -0.2) is 12.2 Å². The van der Waals surface area contributed by atoms with Gasteiger partial charge in [0.25, 0.3) is 0 Å². The number of hydrogen-bond donors (Lipinski definition) is 1. The summed E-state index contributed by atoms with van der Waals surface area (Å²) in [7, 11) is 1.55. The molecule has 2 aromatic rings. The number of halogens is 1. The highest BCUT2D eigenvalue weighted by Gasteiger charge is 2.12. The SMILES string of the molecule is COc1cc(CO)cc(Cl)c1OCc1cc(C)ccc1C. The summed E-state index contributed by atoms with van der Waals surface area (Å²) in [4.78, 5) is 0. The summed E-state index contributed by atoms with van der Waals surface area (Å²) in [6.07, 6.45) is 0. The maximum Gasteiger partial charge on any atom is 0.180 e. The first-order valence-corrected chi connectivity index (χ1v) is 7.09. The fourth-order valence-electron chi connectivity index (χ4n) is 2.11. The van der Waals surface area contributed by atoms with Crippen molar-refractivity contribution in [1.82, 2.24) is 0 Å². The number of ether oxygens (including phenoxy) is 2. The van der Waals surface area contributed by atoms with Crippen LogP contribution in [0.4, 0.5) is 0 Å². The van der Waals surface area contributed by atoms with Crippen LogP contribution in [-0.2, 0) is 13.2 Å². The molecule has 0 heterocycles. The molecule has 0 bridgehead atoms. The summed E-state index contributed by atoms with van der Waals surface area (Å²) in [6, 6.07) is 9.65. The first-order valence-electron chi connectivity index (χ1n) is 6.71. The minimum absolute atomic E-state index is 0.0899. The van der Waals surface area contributed by atoms with Crippen LogP contribution in [0.2, 0.25) is 5.02 Å². The predicted molar refractivity (Wildman–Crippen MR) is 84.2 cm³/mol. The molecule has 0 spiro atoms. The molecule has 0 radical (unpaired) electrons. The molecule has 0 saturated carbocycles. The lowest BCUT2D eigenvalue weighted by Crippen LogP contribution is -2.01. The van der Waals surface area contributed by atoms with Crippen molar-refractivity contribution in [2.75, 3.05) is 7.11 Å². The number of aryl methyl sites for hydroxylation is 2. The summed E-state index contributed by atoms with van der Waals surface area (Å²) >= 11 is 6.21. The topological polar surface area (TPSA) is 38.7 Å². The molecule has 0 aliphatic heterocycles. The minimum Gasteiger partial charge on any atom is -0.493 e. The fraction of sp³-hybridized carbons (Fsp3) is 0.294. The van der Waals surface area contributed by atoms with Gasteiger partial charge in [0, 0.05) is 0 Å². The summed E-state index contributed by atoms with van der Waals surface area (Å²) in [6.45, 7) is 4.42. The van der Waals surface area contributed by atoms with E-state index in [1.807, 2.05) is 13.8 Å². The first kappa shape index (κ1) is 15.7. The molecule has 2 rings (SSSR count). The van der Waals surface area contributed by atoms with E-state index in [4.69, 9.17) is 21.1 Å². The van der Waals surface area contributed by atoms with Gasteiger partial charge in [-0.2, -0.15) is 0 Å². The van der Waals surface area contributed by atoms with Gasteiger partial charge in [-0.1, -0.05) is 35.4 Å². The predicted octanol–water partition coefficient (Wildman–Crippen LogP) is 4.04. The zero-order chi connectivity index (χ0) is 15.4. The zero-order valence-electron chi connectivity index (χ0n) is 12.4. The van der Waals surface area contributed by atoms with Crippen molar-refractivity contribution >= 4 is 11.6 Å². The van der Waals surface area contributed by atoms with Crippen molar-refractivity contribution in [3.05, 3.63) is 57.6 Å². The van der Waals surface area contributed by atoms with E-state index in [1.54, 1.807) is 19.2 Å². The van der Waals surface area contributed by atoms with Gasteiger partial charge in [0.2, 0.25) is 0 Å². The number of aliphatic hydroxyl groups excluding tert-OH is 1. The molecule has 1 N–H and O–H groups in total. The fourth-order valence-corrected chi connectivity index (χ4v) is 2.40. The Morgan fingerprint density at radius 1 is 1.14 bits per heavy atom. The lowest BCUT2D eigenvalue weighted by molar-refractivity contribution is 0.274. The molecule has 0 amide bonds. The van der Waals surface area contributed by atoms with Gasteiger partial charge in [-0.3, -0.25) is 0 Å². The number of rotatable bonds is 5. The molecule has 0 unspecified atom stereocenters. The highest BCUT2D eigenvalue weighted by molar-refractivity contribution is 6.32. The van der Waals surface area contributed by atoms with Gasteiger partial charge < -0.3 is 14.6 Å². The summed E-state index contributed by atoms with van der Waals surface area (Å²) in [5.41, 5.74) is 4.16. The Balaban J connectivity index is 2.25. The molecule has 3 nitrogen and oxygen atoms in total. The second-order valence-electron chi connectivity index (χ2n) is 4.99. The van der Waals surface area contributed by atoms with Crippen LogP contribution in [0.1, 0.15) is 22.3 Å². The van der Waals surface area contributed by atoms with Crippen molar-refractivity contribution in [1.29, 1.82) is 0 Å². The molecule has 0 atom stereocenters. The second-order valence-corrected chi connectivity index (χ2v) is 5.39. The quantitative estimate of drug-likeness (QED) is 0.906. The van der Waals surface area contributed by atoms with E-state index >= 15 is 0 Å². The van der Waals surface area contributed by atoms with Gasteiger partial charge in [0.15, 0.2) is 11.5 Å². The van der Waals surface area contributed by atoms with Crippen LogP contribution in [0, 0.1) is 13.8 Å². The lowest BCUT2D eigenvalue weighted by Gasteiger charge is -2.15. The molecule has 4 heteroatoms. The van der Waals surface area contributed by atoms with Gasteiger partial charge >= 0.3 is 0 Å². The van der Waals surface area contributed by atoms with Crippen LogP contribution in [0.3, 0.4) is 0 Å². The van der Waals surface area contributed by atoms with Crippen molar-refractivity contribution in [2.45, 2.75) is 27.1 Å². The first-order chi connectivity index (χ1) is 10.0. The average Bonchev–Trinajstić information content (AvgIpc) is 2.48.